The standard InChI is InChI=1S/C12H14BrNO2/c1-4-8(2)14-12(15)9-5-6-11(16-3)10(13)7-9/h4-8H,1H2,2-3H3,(H,14,15). The summed E-state index contributed by atoms with van der Waals surface area (Å²) in [7, 11) is 1.58. The number of carbonyl (C=O) groups is 1. The highest BCUT2D eigenvalue weighted by Gasteiger charge is 2.09. The fraction of sp³-hybridized carbons (Fsp3) is 0.250. The van der Waals surface area contributed by atoms with Gasteiger partial charge in [-0.3, -0.25) is 4.79 Å². The zero-order valence-corrected chi connectivity index (χ0v) is 10.9. The van der Waals surface area contributed by atoms with Crippen LogP contribution in [0.1, 0.15) is 17.3 Å². The lowest BCUT2D eigenvalue weighted by Crippen LogP contribution is -2.30. The van der Waals surface area contributed by atoms with Crippen LogP contribution in [0, 0.1) is 0 Å². The maximum atomic E-state index is 11.7. The van der Waals surface area contributed by atoms with Crippen molar-refractivity contribution in [3.63, 3.8) is 0 Å². The minimum atomic E-state index is -0.129. The molecule has 0 aliphatic carbocycles. The Labute approximate surface area is 104 Å². The summed E-state index contributed by atoms with van der Waals surface area (Å²) < 4.78 is 5.85. The third kappa shape index (κ3) is 3.10. The van der Waals surface area contributed by atoms with Gasteiger partial charge >= 0.3 is 0 Å². The zero-order valence-electron chi connectivity index (χ0n) is 9.29. The summed E-state index contributed by atoms with van der Waals surface area (Å²) in [6, 6.07) is 5.14. The van der Waals surface area contributed by atoms with Crippen LogP contribution in [0.25, 0.3) is 0 Å². The van der Waals surface area contributed by atoms with E-state index in [0.29, 0.717) is 11.3 Å². The van der Waals surface area contributed by atoms with Gasteiger partial charge in [0.05, 0.1) is 11.6 Å². The second kappa shape index (κ2) is 5.70. The van der Waals surface area contributed by atoms with Gasteiger partial charge in [0.2, 0.25) is 0 Å². The third-order valence-electron chi connectivity index (χ3n) is 2.13. The number of nitrogens with one attached hydrogen (secondary N) is 1. The Kier molecular flexibility index (Phi) is 4.55. The SMILES string of the molecule is C=CC(C)NC(=O)c1ccc(OC)c(Br)c1. The van der Waals surface area contributed by atoms with Gasteiger partial charge in [-0.05, 0) is 41.1 Å². The summed E-state index contributed by atoms with van der Waals surface area (Å²) in [4.78, 5) is 11.7. The number of hydrogen-bond donors (Lipinski definition) is 1. The van der Waals surface area contributed by atoms with Gasteiger partial charge in [0.1, 0.15) is 5.75 Å². The van der Waals surface area contributed by atoms with Gasteiger partial charge in [0, 0.05) is 11.6 Å². The van der Waals surface area contributed by atoms with Crippen molar-refractivity contribution in [2.24, 2.45) is 0 Å². The van der Waals surface area contributed by atoms with Crippen LogP contribution in [-0.2, 0) is 0 Å². The molecule has 1 unspecified atom stereocenters. The van der Waals surface area contributed by atoms with Gasteiger partial charge in [-0.15, -0.1) is 6.58 Å². The highest BCUT2D eigenvalue weighted by atomic mass is 79.9. The predicted octanol–water partition coefficient (Wildman–Crippen LogP) is 2.76. The number of halogens is 1. The molecule has 0 aliphatic rings. The minimum Gasteiger partial charge on any atom is -0.496 e. The molecule has 0 fully saturated rings. The van der Waals surface area contributed by atoms with E-state index in [2.05, 4.69) is 27.8 Å². The topological polar surface area (TPSA) is 38.3 Å². The van der Waals surface area contributed by atoms with Crippen molar-refractivity contribution in [1.82, 2.24) is 5.32 Å². The summed E-state index contributed by atoms with van der Waals surface area (Å²) in [5.41, 5.74) is 0.585. The van der Waals surface area contributed by atoms with Gasteiger partial charge in [-0.25, -0.2) is 0 Å². The largest absolute Gasteiger partial charge is 0.496 e. The molecule has 1 aromatic carbocycles. The monoisotopic (exact) mass is 283 g/mol. The zero-order chi connectivity index (χ0) is 12.1. The van der Waals surface area contributed by atoms with Crippen LogP contribution in [0.15, 0.2) is 35.3 Å². The number of methoxy groups -OCH3 is 1. The first-order valence-electron chi connectivity index (χ1n) is 4.85. The van der Waals surface area contributed by atoms with Crippen LogP contribution in [0.5, 0.6) is 5.75 Å². The molecule has 0 saturated carbocycles. The van der Waals surface area contributed by atoms with Gasteiger partial charge < -0.3 is 10.1 Å². The van der Waals surface area contributed by atoms with E-state index in [4.69, 9.17) is 4.74 Å². The number of carbonyl (C=O) groups excluding carboxylic acids is 1. The number of amides is 1. The first-order chi connectivity index (χ1) is 7.58. The molecule has 86 valence electrons. The molecule has 0 aliphatic heterocycles. The van der Waals surface area contributed by atoms with E-state index in [1.54, 1.807) is 31.4 Å². The van der Waals surface area contributed by atoms with Gasteiger partial charge in [0.15, 0.2) is 0 Å². The Balaban J connectivity index is 2.84. The lowest BCUT2D eigenvalue weighted by atomic mass is 10.2. The average Bonchev–Trinajstić information content (AvgIpc) is 2.28. The second-order valence-electron chi connectivity index (χ2n) is 3.35. The molecule has 4 heteroatoms. The Hall–Kier alpha value is -1.29. The van der Waals surface area contributed by atoms with E-state index >= 15 is 0 Å². The van der Waals surface area contributed by atoms with Crippen LogP contribution < -0.4 is 10.1 Å². The van der Waals surface area contributed by atoms with Crippen LogP contribution in [0.2, 0.25) is 0 Å². The Morgan fingerprint density at radius 2 is 2.31 bits per heavy atom. The maximum Gasteiger partial charge on any atom is 0.251 e. The van der Waals surface area contributed by atoms with E-state index in [9.17, 15) is 4.79 Å². The highest BCUT2D eigenvalue weighted by Crippen LogP contribution is 2.25. The van der Waals surface area contributed by atoms with E-state index in [1.807, 2.05) is 6.92 Å². The molecular weight excluding hydrogens is 270 g/mol. The molecule has 0 bridgehead atoms. The van der Waals surface area contributed by atoms with Crippen LogP contribution in [0.4, 0.5) is 0 Å². The quantitative estimate of drug-likeness (QED) is 0.863. The lowest BCUT2D eigenvalue weighted by molar-refractivity contribution is 0.0947. The van der Waals surface area contributed by atoms with Crippen molar-refractivity contribution in [1.29, 1.82) is 0 Å². The first-order valence-corrected chi connectivity index (χ1v) is 5.64. The molecule has 3 nitrogen and oxygen atoms in total. The van der Waals surface area contributed by atoms with E-state index in [1.165, 1.54) is 0 Å². The molecule has 1 amide bonds. The number of rotatable bonds is 4. The summed E-state index contributed by atoms with van der Waals surface area (Å²) >= 11 is 3.33. The molecule has 1 atom stereocenters. The third-order valence-corrected chi connectivity index (χ3v) is 2.75. The molecule has 0 aromatic heterocycles. The Morgan fingerprint density at radius 3 is 2.81 bits per heavy atom. The van der Waals surface area contributed by atoms with Crippen molar-refractivity contribution in [2.75, 3.05) is 7.11 Å². The molecule has 1 N–H and O–H groups in total. The Morgan fingerprint density at radius 1 is 1.62 bits per heavy atom. The van der Waals surface area contributed by atoms with Crippen LogP contribution in [0.3, 0.4) is 0 Å². The Bertz CT molecular complexity index is 404. The van der Waals surface area contributed by atoms with Crippen molar-refractivity contribution in [3.8, 4) is 5.75 Å². The van der Waals surface area contributed by atoms with Gasteiger partial charge in [0.25, 0.3) is 5.91 Å². The van der Waals surface area contributed by atoms with Gasteiger partial charge in [-0.2, -0.15) is 0 Å². The van der Waals surface area contributed by atoms with E-state index < -0.39 is 0 Å². The lowest BCUT2D eigenvalue weighted by Gasteiger charge is -2.10. The smallest absolute Gasteiger partial charge is 0.251 e. The van der Waals surface area contributed by atoms with Crippen molar-refractivity contribution >= 4 is 21.8 Å². The molecule has 0 saturated heterocycles. The van der Waals surface area contributed by atoms with Crippen molar-refractivity contribution < 1.29 is 9.53 Å². The first kappa shape index (κ1) is 12.8. The summed E-state index contributed by atoms with van der Waals surface area (Å²) in [5, 5.41) is 2.79. The van der Waals surface area contributed by atoms with Crippen molar-refractivity contribution in [3.05, 3.63) is 40.9 Å². The molecule has 0 radical (unpaired) electrons. The van der Waals surface area contributed by atoms with Crippen LogP contribution in [-0.4, -0.2) is 19.1 Å². The summed E-state index contributed by atoms with van der Waals surface area (Å²) in [6.45, 7) is 5.47. The fourth-order valence-corrected chi connectivity index (χ4v) is 1.70. The number of hydrogen-bond acceptors (Lipinski definition) is 2. The number of ether oxygens (including phenoxy) is 1. The molecule has 0 heterocycles. The molecule has 1 aromatic rings. The molecule has 0 spiro atoms. The predicted molar refractivity (Wildman–Crippen MR) is 67.8 cm³/mol. The van der Waals surface area contributed by atoms with Crippen molar-refractivity contribution in [2.45, 2.75) is 13.0 Å². The minimum absolute atomic E-state index is 0.0478. The highest BCUT2D eigenvalue weighted by molar-refractivity contribution is 9.10. The van der Waals surface area contributed by atoms with E-state index in [0.717, 1.165) is 4.47 Å². The van der Waals surface area contributed by atoms with Gasteiger partial charge in [-0.1, -0.05) is 6.08 Å². The van der Waals surface area contributed by atoms with E-state index in [-0.39, 0.29) is 11.9 Å². The average molecular weight is 284 g/mol. The second-order valence-corrected chi connectivity index (χ2v) is 4.20. The summed E-state index contributed by atoms with van der Waals surface area (Å²) in [5.74, 6) is 0.573. The summed E-state index contributed by atoms with van der Waals surface area (Å²) in [6.07, 6.45) is 1.68. The normalized spacial score (nSPS) is 11.7. The van der Waals surface area contributed by atoms with Crippen LogP contribution >= 0.6 is 15.9 Å². The molecular formula is C12H14BrNO2. The number of benzene rings is 1. The molecule has 1 rings (SSSR count). The molecule has 16 heavy (non-hydrogen) atoms. The maximum absolute atomic E-state index is 11.7. The fourth-order valence-electron chi connectivity index (χ4n) is 1.16.